The van der Waals surface area contributed by atoms with E-state index in [0.29, 0.717) is 18.1 Å². The molecule has 0 aromatic heterocycles. The molecule has 0 radical (unpaired) electrons. The average Bonchev–Trinajstić information content (AvgIpc) is 3.66. The number of hydrogen-bond donors (Lipinski definition) is 2. The van der Waals surface area contributed by atoms with E-state index in [0.717, 1.165) is 12.0 Å². The first kappa shape index (κ1) is 28.6. The number of benzene rings is 2. The van der Waals surface area contributed by atoms with E-state index in [4.69, 9.17) is 23.7 Å². The first-order valence-corrected chi connectivity index (χ1v) is 15.0. The summed E-state index contributed by atoms with van der Waals surface area (Å²) in [5.41, 5.74) is 0.870. The van der Waals surface area contributed by atoms with Gasteiger partial charge in [-0.1, -0.05) is 44.2 Å². The van der Waals surface area contributed by atoms with E-state index in [1.807, 2.05) is 44.2 Å². The predicted octanol–water partition coefficient (Wildman–Crippen LogP) is 2.52. The number of sulfonamides is 1. The summed E-state index contributed by atoms with van der Waals surface area (Å²) in [4.78, 5) is 13.0. The number of aliphatic hydroxyl groups excluding tert-OH is 1. The standard InChI is InChI=1S/C28H36N2O9S/c1-18(2)14-30(40(33,34)20-8-9-24-25(13-20)38-17-37-24)15-23(31)22(12-19-6-4-3-5-7-19)29-28(32)39-26-16-36-27-21(26)10-11-35-27/h3-9,13,18,21-23,26-27,31H,10-12,14-17H2,1-2H3,(H,29,32)/t21-,22-,23+,26-,27+/m0/s1. The molecule has 2 fully saturated rings. The number of amides is 1. The highest BCUT2D eigenvalue weighted by Crippen LogP contribution is 2.35. The van der Waals surface area contributed by atoms with E-state index in [1.165, 1.54) is 16.4 Å². The molecule has 2 aromatic carbocycles. The van der Waals surface area contributed by atoms with Gasteiger partial charge in [-0.25, -0.2) is 13.2 Å². The van der Waals surface area contributed by atoms with Crippen LogP contribution in [0.15, 0.2) is 53.4 Å². The number of alkyl carbamates (subject to hydrolysis) is 1. The molecule has 5 atom stereocenters. The van der Waals surface area contributed by atoms with Crippen LogP contribution in [0, 0.1) is 11.8 Å². The predicted molar refractivity (Wildman–Crippen MR) is 143 cm³/mol. The molecular formula is C28H36N2O9S. The van der Waals surface area contributed by atoms with Gasteiger partial charge in [0.15, 0.2) is 17.8 Å². The summed E-state index contributed by atoms with van der Waals surface area (Å²) < 4.78 is 56.1. The number of nitrogens with one attached hydrogen (secondary N) is 1. The van der Waals surface area contributed by atoms with E-state index in [1.54, 1.807) is 6.07 Å². The molecule has 1 amide bonds. The Morgan fingerprint density at radius 3 is 2.65 bits per heavy atom. The Morgan fingerprint density at radius 2 is 1.88 bits per heavy atom. The van der Waals surface area contributed by atoms with Gasteiger partial charge in [-0.05, 0) is 36.5 Å². The van der Waals surface area contributed by atoms with E-state index in [9.17, 15) is 18.3 Å². The molecule has 12 heteroatoms. The van der Waals surface area contributed by atoms with Gasteiger partial charge in [0.25, 0.3) is 0 Å². The van der Waals surface area contributed by atoms with Crippen molar-refractivity contribution in [3.63, 3.8) is 0 Å². The lowest BCUT2D eigenvalue weighted by molar-refractivity contribution is -0.0907. The normalized spacial score (nSPS) is 23.3. The average molecular weight is 577 g/mol. The Kier molecular flexibility index (Phi) is 8.81. The molecule has 11 nitrogen and oxygen atoms in total. The molecule has 2 saturated heterocycles. The van der Waals surface area contributed by atoms with E-state index in [2.05, 4.69) is 5.32 Å². The molecular weight excluding hydrogens is 540 g/mol. The second-order valence-corrected chi connectivity index (χ2v) is 12.6. The molecule has 0 spiro atoms. The number of fused-ring (bicyclic) bond motifs is 2. The van der Waals surface area contributed by atoms with Crippen molar-refractivity contribution < 1.29 is 42.0 Å². The number of rotatable bonds is 11. The number of aliphatic hydroxyl groups is 1. The summed E-state index contributed by atoms with van der Waals surface area (Å²) in [7, 11) is -4.01. The van der Waals surface area contributed by atoms with Crippen molar-refractivity contribution in [1.29, 1.82) is 0 Å². The van der Waals surface area contributed by atoms with Gasteiger partial charge < -0.3 is 34.1 Å². The first-order chi connectivity index (χ1) is 19.2. The summed E-state index contributed by atoms with van der Waals surface area (Å²) in [6, 6.07) is 13.0. The molecule has 0 unspecified atom stereocenters. The van der Waals surface area contributed by atoms with Gasteiger partial charge in [0, 0.05) is 19.2 Å². The van der Waals surface area contributed by atoms with E-state index in [-0.39, 0.29) is 55.9 Å². The third-order valence-corrected chi connectivity index (χ3v) is 9.08. The lowest BCUT2D eigenvalue weighted by Crippen LogP contribution is -2.51. The van der Waals surface area contributed by atoms with Gasteiger partial charge >= 0.3 is 6.09 Å². The highest BCUT2D eigenvalue weighted by Gasteiger charge is 2.44. The van der Waals surface area contributed by atoms with Crippen LogP contribution in [-0.2, 0) is 30.7 Å². The second-order valence-electron chi connectivity index (χ2n) is 10.7. The fourth-order valence-electron chi connectivity index (χ4n) is 5.22. The van der Waals surface area contributed by atoms with E-state index < -0.39 is 34.4 Å². The highest BCUT2D eigenvalue weighted by atomic mass is 32.2. The quantitative estimate of drug-likeness (QED) is 0.414. The van der Waals surface area contributed by atoms with Crippen LogP contribution in [-0.4, -0.2) is 81.6 Å². The van der Waals surface area contributed by atoms with Crippen molar-refractivity contribution in [1.82, 2.24) is 9.62 Å². The van der Waals surface area contributed by atoms with Crippen molar-refractivity contribution in [3.05, 3.63) is 54.1 Å². The Balaban J connectivity index is 1.33. The maximum absolute atomic E-state index is 13.7. The molecule has 5 rings (SSSR count). The van der Waals surface area contributed by atoms with Crippen LogP contribution in [0.5, 0.6) is 11.5 Å². The summed E-state index contributed by atoms with van der Waals surface area (Å²) in [6.07, 6.45) is -1.75. The minimum absolute atomic E-state index is 0.0228. The van der Waals surface area contributed by atoms with Crippen LogP contribution in [0.4, 0.5) is 4.79 Å². The van der Waals surface area contributed by atoms with Gasteiger partial charge in [0.05, 0.1) is 36.2 Å². The van der Waals surface area contributed by atoms with Crippen LogP contribution in [0.2, 0.25) is 0 Å². The maximum atomic E-state index is 13.7. The van der Waals surface area contributed by atoms with Crippen molar-refractivity contribution in [2.45, 2.75) is 56.1 Å². The van der Waals surface area contributed by atoms with Crippen LogP contribution < -0.4 is 14.8 Å². The first-order valence-electron chi connectivity index (χ1n) is 13.5. The fourth-order valence-corrected chi connectivity index (χ4v) is 6.86. The monoisotopic (exact) mass is 576 g/mol. The largest absolute Gasteiger partial charge is 0.454 e. The third kappa shape index (κ3) is 6.52. The molecule has 40 heavy (non-hydrogen) atoms. The smallest absolute Gasteiger partial charge is 0.407 e. The lowest BCUT2D eigenvalue weighted by atomic mass is 10.0. The van der Waals surface area contributed by atoms with Crippen molar-refractivity contribution in [2.75, 3.05) is 33.1 Å². The summed E-state index contributed by atoms with van der Waals surface area (Å²) in [5, 5.41) is 14.2. The minimum Gasteiger partial charge on any atom is -0.454 e. The molecule has 0 aliphatic carbocycles. The molecule has 218 valence electrons. The lowest BCUT2D eigenvalue weighted by Gasteiger charge is -2.31. The minimum atomic E-state index is -4.01. The van der Waals surface area contributed by atoms with Crippen LogP contribution >= 0.6 is 0 Å². The molecule has 0 bridgehead atoms. The Hall–Kier alpha value is -2.90. The molecule has 0 saturated carbocycles. The summed E-state index contributed by atoms with van der Waals surface area (Å²) >= 11 is 0. The van der Waals surface area contributed by atoms with Gasteiger partial charge in [0.1, 0.15) is 6.10 Å². The Morgan fingerprint density at radius 1 is 1.10 bits per heavy atom. The highest BCUT2D eigenvalue weighted by molar-refractivity contribution is 7.89. The number of nitrogens with zero attached hydrogens (tertiary/aromatic N) is 1. The number of carbonyl (C=O) groups excluding carboxylic acids is 1. The summed E-state index contributed by atoms with van der Waals surface area (Å²) in [6.45, 7) is 4.54. The number of hydrogen-bond acceptors (Lipinski definition) is 9. The zero-order valence-electron chi connectivity index (χ0n) is 22.6. The molecule has 2 aromatic rings. The van der Waals surface area contributed by atoms with Gasteiger partial charge in [0.2, 0.25) is 16.8 Å². The van der Waals surface area contributed by atoms with Crippen molar-refractivity contribution in [3.8, 4) is 11.5 Å². The second kappa shape index (κ2) is 12.3. The third-order valence-electron chi connectivity index (χ3n) is 7.25. The molecule has 3 aliphatic heterocycles. The topological polar surface area (TPSA) is 133 Å². The number of carbonyl (C=O) groups is 1. The molecule has 3 aliphatic rings. The molecule has 3 heterocycles. The number of ether oxygens (including phenoxy) is 5. The van der Waals surface area contributed by atoms with Gasteiger partial charge in [-0.3, -0.25) is 0 Å². The fraction of sp³-hybridized carbons (Fsp3) is 0.536. The van der Waals surface area contributed by atoms with Crippen LogP contribution in [0.3, 0.4) is 0 Å². The van der Waals surface area contributed by atoms with Crippen LogP contribution in [0.1, 0.15) is 25.8 Å². The summed E-state index contributed by atoms with van der Waals surface area (Å²) in [5.74, 6) is 0.772. The maximum Gasteiger partial charge on any atom is 0.407 e. The van der Waals surface area contributed by atoms with E-state index >= 15 is 0 Å². The SMILES string of the molecule is CC(C)CN(C[C@@H](O)[C@H](Cc1ccccc1)NC(=O)O[C@H]1CO[C@H]2OCC[C@H]21)S(=O)(=O)c1ccc2c(c1)OCO2. The van der Waals surface area contributed by atoms with Crippen molar-refractivity contribution in [2.24, 2.45) is 11.8 Å². The zero-order chi connectivity index (χ0) is 28.3. The zero-order valence-corrected chi connectivity index (χ0v) is 23.4. The molecule has 2 N–H and O–H groups in total. The van der Waals surface area contributed by atoms with Crippen molar-refractivity contribution >= 4 is 16.1 Å². The Bertz CT molecular complexity index is 1270. The Labute approximate surface area is 234 Å². The van der Waals surface area contributed by atoms with Crippen LogP contribution in [0.25, 0.3) is 0 Å². The van der Waals surface area contributed by atoms with Gasteiger partial charge in [-0.15, -0.1) is 0 Å². The van der Waals surface area contributed by atoms with Gasteiger partial charge in [-0.2, -0.15) is 4.31 Å².